The first kappa shape index (κ1) is 19.9. The molecule has 0 radical (unpaired) electrons. The van der Waals surface area contributed by atoms with Crippen molar-refractivity contribution in [1.29, 1.82) is 0 Å². The SMILES string of the molecule is CC(C)(CC(=O)O)CC(=O)N1C[C@@H](O)[C@H](n2ccc3cc(C(N)=O)ccc32)C1. The Morgan fingerprint density at radius 1 is 1.18 bits per heavy atom. The number of hydrogen-bond donors (Lipinski definition) is 3. The van der Waals surface area contributed by atoms with Crippen molar-refractivity contribution >= 4 is 28.7 Å². The Morgan fingerprint density at radius 3 is 2.54 bits per heavy atom. The van der Waals surface area contributed by atoms with Crippen molar-refractivity contribution in [3.63, 3.8) is 0 Å². The molecule has 2 aromatic rings. The van der Waals surface area contributed by atoms with Crippen LogP contribution in [0.5, 0.6) is 0 Å². The summed E-state index contributed by atoms with van der Waals surface area (Å²) in [5.74, 6) is -1.61. The highest BCUT2D eigenvalue weighted by atomic mass is 16.4. The van der Waals surface area contributed by atoms with Crippen LogP contribution in [0.3, 0.4) is 0 Å². The highest BCUT2D eigenvalue weighted by Gasteiger charge is 2.37. The van der Waals surface area contributed by atoms with Gasteiger partial charge < -0.3 is 25.4 Å². The molecule has 3 rings (SSSR count). The van der Waals surface area contributed by atoms with Gasteiger partial charge in [-0.05, 0) is 29.7 Å². The molecule has 0 aliphatic carbocycles. The molecule has 8 heteroatoms. The smallest absolute Gasteiger partial charge is 0.303 e. The number of carbonyl (C=O) groups is 3. The molecule has 0 spiro atoms. The number of nitrogens with zero attached hydrogens (tertiary/aromatic N) is 2. The zero-order valence-electron chi connectivity index (χ0n) is 16.0. The topological polar surface area (TPSA) is 126 Å². The van der Waals surface area contributed by atoms with Crippen molar-refractivity contribution in [3.8, 4) is 0 Å². The summed E-state index contributed by atoms with van der Waals surface area (Å²) in [6.07, 6.45) is 1.10. The summed E-state index contributed by atoms with van der Waals surface area (Å²) in [6.45, 7) is 4.04. The quantitative estimate of drug-likeness (QED) is 0.690. The van der Waals surface area contributed by atoms with Gasteiger partial charge in [-0.2, -0.15) is 0 Å². The van der Waals surface area contributed by atoms with Crippen LogP contribution in [0.25, 0.3) is 10.9 Å². The molecule has 0 bridgehead atoms. The Labute approximate surface area is 162 Å². The molecule has 2 heterocycles. The van der Waals surface area contributed by atoms with Gasteiger partial charge in [0.05, 0.1) is 18.6 Å². The normalized spacial score (nSPS) is 19.9. The molecule has 0 unspecified atom stereocenters. The Hall–Kier alpha value is -2.87. The van der Waals surface area contributed by atoms with Gasteiger partial charge in [0.25, 0.3) is 0 Å². The second-order valence-corrected chi connectivity index (χ2v) is 8.21. The summed E-state index contributed by atoms with van der Waals surface area (Å²) in [4.78, 5) is 36.6. The number of aliphatic hydroxyl groups excluding tert-OH is 1. The van der Waals surface area contributed by atoms with E-state index in [9.17, 15) is 19.5 Å². The number of likely N-dealkylation sites (tertiary alicyclic amines) is 1. The van der Waals surface area contributed by atoms with Crippen LogP contribution >= 0.6 is 0 Å². The number of carboxylic acids is 1. The third kappa shape index (κ3) is 4.01. The zero-order chi connectivity index (χ0) is 20.6. The monoisotopic (exact) mass is 387 g/mol. The molecule has 150 valence electrons. The van der Waals surface area contributed by atoms with E-state index in [4.69, 9.17) is 10.8 Å². The van der Waals surface area contributed by atoms with Crippen molar-refractivity contribution < 1.29 is 24.6 Å². The number of rotatable bonds is 6. The van der Waals surface area contributed by atoms with E-state index in [1.54, 1.807) is 36.9 Å². The first-order valence-electron chi connectivity index (χ1n) is 9.15. The molecule has 1 aromatic carbocycles. The van der Waals surface area contributed by atoms with E-state index < -0.39 is 23.4 Å². The third-order valence-corrected chi connectivity index (χ3v) is 5.23. The van der Waals surface area contributed by atoms with E-state index in [0.29, 0.717) is 12.1 Å². The average molecular weight is 387 g/mol. The number of carbonyl (C=O) groups excluding carboxylic acids is 2. The van der Waals surface area contributed by atoms with Crippen LogP contribution in [0.15, 0.2) is 30.5 Å². The van der Waals surface area contributed by atoms with E-state index >= 15 is 0 Å². The fourth-order valence-corrected chi connectivity index (χ4v) is 3.85. The number of fused-ring (bicyclic) bond motifs is 1. The van der Waals surface area contributed by atoms with Gasteiger partial charge in [-0.1, -0.05) is 13.8 Å². The highest BCUT2D eigenvalue weighted by molar-refractivity contribution is 5.97. The maximum Gasteiger partial charge on any atom is 0.303 e. The second-order valence-electron chi connectivity index (χ2n) is 8.21. The largest absolute Gasteiger partial charge is 0.481 e. The van der Waals surface area contributed by atoms with Gasteiger partial charge in [-0.15, -0.1) is 0 Å². The predicted octanol–water partition coefficient (Wildman–Crippen LogP) is 1.38. The highest BCUT2D eigenvalue weighted by Crippen LogP contribution is 2.31. The van der Waals surface area contributed by atoms with Gasteiger partial charge in [-0.3, -0.25) is 14.4 Å². The second kappa shape index (κ2) is 7.27. The molecule has 2 atom stereocenters. The first-order chi connectivity index (χ1) is 13.1. The lowest BCUT2D eigenvalue weighted by atomic mass is 9.85. The van der Waals surface area contributed by atoms with Crippen LogP contribution in [0.4, 0.5) is 0 Å². The first-order valence-corrected chi connectivity index (χ1v) is 9.15. The fraction of sp³-hybridized carbons (Fsp3) is 0.450. The summed E-state index contributed by atoms with van der Waals surface area (Å²) in [5.41, 5.74) is 5.92. The van der Waals surface area contributed by atoms with Gasteiger partial charge in [0.2, 0.25) is 11.8 Å². The number of amides is 2. The van der Waals surface area contributed by atoms with Crippen molar-refractivity contribution in [3.05, 3.63) is 36.0 Å². The molecule has 1 aromatic heterocycles. The van der Waals surface area contributed by atoms with Crippen molar-refractivity contribution in [1.82, 2.24) is 9.47 Å². The Balaban J connectivity index is 1.77. The van der Waals surface area contributed by atoms with Crippen LogP contribution < -0.4 is 5.73 Å². The maximum atomic E-state index is 12.6. The molecule has 1 aliphatic heterocycles. The number of nitrogens with two attached hydrogens (primary N) is 1. The third-order valence-electron chi connectivity index (χ3n) is 5.23. The maximum absolute atomic E-state index is 12.6. The molecular formula is C20H25N3O5. The van der Waals surface area contributed by atoms with E-state index in [0.717, 1.165) is 10.9 Å². The van der Waals surface area contributed by atoms with Crippen molar-refractivity contribution in [2.75, 3.05) is 13.1 Å². The summed E-state index contributed by atoms with van der Waals surface area (Å²) in [6, 6.07) is 6.65. The number of primary amides is 1. The minimum Gasteiger partial charge on any atom is -0.481 e. The number of carboxylic acid groups (broad SMARTS) is 1. The van der Waals surface area contributed by atoms with Crippen LogP contribution in [-0.4, -0.2) is 56.7 Å². The molecular weight excluding hydrogens is 362 g/mol. The van der Waals surface area contributed by atoms with E-state index in [1.807, 2.05) is 16.8 Å². The lowest BCUT2D eigenvalue weighted by Gasteiger charge is -2.25. The molecule has 0 saturated carbocycles. The number of aromatic nitrogens is 1. The van der Waals surface area contributed by atoms with Gasteiger partial charge >= 0.3 is 5.97 Å². The Kier molecular flexibility index (Phi) is 5.16. The van der Waals surface area contributed by atoms with Crippen LogP contribution in [0, 0.1) is 5.41 Å². The number of benzene rings is 1. The molecule has 1 aliphatic rings. The lowest BCUT2D eigenvalue weighted by Crippen LogP contribution is -2.34. The average Bonchev–Trinajstić information content (AvgIpc) is 3.15. The van der Waals surface area contributed by atoms with Crippen molar-refractivity contribution in [2.24, 2.45) is 11.1 Å². The number of β-amino-alcohol motifs (C(OH)–C–C–N with tert-alkyl or cyclic N) is 1. The van der Waals surface area contributed by atoms with Crippen molar-refractivity contribution in [2.45, 2.75) is 38.8 Å². The lowest BCUT2D eigenvalue weighted by molar-refractivity contribution is -0.140. The Bertz CT molecular complexity index is 933. The summed E-state index contributed by atoms with van der Waals surface area (Å²) in [7, 11) is 0. The number of aliphatic carboxylic acids is 1. The molecule has 8 nitrogen and oxygen atoms in total. The van der Waals surface area contributed by atoms with E-state index in [1.165, 1.54) is 0 Å². The van der Waals surface area contributed by atoms with E-state index in [-0.39, 0.29) is 31.3 Å². The minimum atomic E-state index is -0.939. The number of aliphatic hydroxyl groups is 1. The van der Waals surface area contributed by atoms with Crippen LogP contribution in [0.2, 0.25) is 0 Å². The zero-order valence-corrected chi connectivity index (χ0v) is 16.0. The molecule has 4 N–H and O–H groups in total. The molecule has 1 saturated heterocycles. The summed E-state index contributed by atoms with van der Waals surface area (Å²) >= 11 is 0. The summed E-state index contributed by atoms with van der Waals surface area (Å²) in [5, 5.41) is 20.4. The molecule has 1 fully saturated rings. The Morgan fingerprint density at radius 2 is 1.89 bits per heavy atom. The van der Waals surface area contributed by atoms with Gasteiger partial charge in [0, 0.05) is 42.2 Å². The predicted molar refractivity (Wildman–Crippen MR) is 103 cm³/mol. The minimum absolute atomic E-state index is 0.0942. The van der Waals surface area contributed by atoms with Gasteiger partial charge in [-0.25, -0.2) is 0 Å². The molecule has 2 amide bonds. The number of hydrogen-bond acceptors (Lipinski definition) is 4. The van der Waals surface area contributed by atoms with Gasteiger partial charge in [0.1, 0.15) is 0 Å². The van der Waals surface area contributed by atoms with Crippen LogP contribution in [0.1, 0.15) is 43.1 Å². The van der Waals surface area contributed by atoms with Gasteiger partial charge in [0.15, 0.2) is 0 Å². The fourth-order valence-electron chi connectivity index (χ4n) is 3.85. The standard InChI is InChI=1S/C20H25N3O5/c1-20(2,9-18(26)27)8-17(25)22-10-15(16(24)11-22)23-6-5-12-7-13(19(21)28)3-4-14(12)23/h3-7,15-16,24H,8-11H2,1-2H3,(H2,21,28)(H,26,27)/t15-,16-/m1/s1. The van der Waals surface area contributed by atoms with Crippen LogP contribution in [-0.2, 0) is 9.59 Å². The van der Waals surface area contributed by atoms with E-state index in [2.05, 4.69) is 0 Å². The molecule has 28 heavy (non-hydrogen) atoms. The summed E-state index contributed by atoms with van der Waals surface area (Å²) < 4.78 is 1.90.